The van der Waals surface area contributed by atoms with E-state index < -0.39 is 0 Å². The Labute approximate surface area is 237 Å². The highest BCUT2D eigenvalue weighted by Crippen LogP contribution is 2.55. The maximum atomic E-state index is 9.70. The molecule has 1 aliphatic rings. The Kier molecular flexibility index (Phi) is 7.98. The molecule has 3 heteroatoms. The molecule has 37 heavy (non-hydrogen) atoms. The Morgan fingerprint density at radius 2 is 1.11 bits per heavy atom. The van der Waals surface area contributed by atoms with Crippen LogP contribution >= 0.6 is 31.9 Å². The van der Waals surface area contributed by atoms with Crippen molar-refractivity contribution in [1.29, 1.82) is 5.26 Å². The molecular formula is C34H31Br2N. The van der Waals surface area contributed by atoms with Gasteiger partial charge in [0.15, 0.2) is 0 Å². The van der Waals surface area contributed by atoms with Crippen LogP contribution in [0.4, 0.5) is 0 Å². The van der Waals surface area contributed by atoms with E-state index in [0.29, 0.717) is 6.42 Å². The molecule has 0 bridgehead atoms. The molecule has 0 saturated carbocycles. The summed E-state index contributed by atoms with van der Waals surface area (Å²) in [6.07, 6.45) is 7.35. The van der Waals surface area contributed by atoms with Gasteiger partial charge in [0.25, 0.3) is 0 Å². The van der Waals surface area contributed by atoms with Crippen LogP contribution in [0.25, 0.3) is 33.4 Å². The molecular weight excluding hydrogens is 582 g/mol. The third-order valence-electron chi connectivity index (χ3n) is 7.84. The van der Waals surface area contributed by atoms with E-state index >= 15 is 0 Å². The average molecular weight is 613 g/mol. The Balaban J connectivity index is 1.67. The number of hydrogen-bond donors (Lipinski definition) is 0. The molecule has 0 fully saturated rings. The number of rotatable bonds is 9. The highest BCUT2D eigenvalue weighted by Gasteiger charge is 2.42. The van der Waals surface area contributed by atoms with Gasteiger partial charge in [-0.25, -0.2) is 0 Å². The normalized spacial score (nSPS) is 13.1. The molecule has 0 radical (unpaired) electrons. The third kappa shape index (κ3) is 5.20. The van der Waals surface area contributed by atoms with Crippen molar-refractivity contribution >= 4 is 31.9 Å². The SMILES string of the molecule is CCCCCCC1(CCC#N)c2cc(-c3ccc(Br)cc3)ccc2-c2ccc(-c3ccc(Br)cc3)cc21. The van der Waals surface area contributed by atoms with Gasteiger partial charge in [0.2, 0.25) is 0 Å². The maximum absolute atomic E-state index is 9.70. The van der Waals surface area contributed by atoms with Crippen molar-refractivity contribution < 1.29 is 0 Å². The molecule has 1 aliphatic carbocycles. The summed E-state index contributed by atoms with van der Waals surface area (Å²) in [4.78, 5) is 0. The molecule has 0 saturated heterocycles. The molecule has 0 unspecified atom stereocenters. The lowest BCUT2D eigenvalue weighted by Gasteiger charge is -2.32. The molecule has 1 nitrogen and oxygen atoms in total. The fourth-order valence-corrected chi connectivity index (χ4v) is 6.45. The predicted molar refractivity (Wildman–Crippen MR) is 163 cm³/mol. The van der Waals surface area contributed by atoms with E-state index in [2.05, 4.69) is 130 Å². The lowest BCUT2D eigenvalue weighted by atomic mass is 9.70. The van der Waals surface area contributed by atoms with Gasteiger partial charge in [-0.15, -0.1) is 0 Å². The van der Waals surface area contributed by atoms with Crippen LogP contribution in [0, 0.1) is 11.3 Å². The van der Waals surface area contributed by atoms with Crippen LogP contribution in [0.2, 0.25) is 0 Å². The first-order valence-corrected chi connectivity index (χ1v) is 14.8. The highest BCUT2D eigenvalue weighted by atomic mass is 79.9. The topological polar surface area (TPSA) is 23.8 Å². The first-order chi connectivity index (χ1) is 18.1. The Morgan fingerprint density at radius 1 is 0.622 bits per heavy atom. The molecule has 0 atom stereocenters. The minimum Gasteiger partial charge on any atom is -0.198 e. The van der Waals surface area contributed by atoms with Crippen LogP contribution in [0.1, 0.15) is 63.0 Å². The van der Waals surface area contributed by atoms with Crippen molar-refractivity contribution in [3.05, 3.63) is 105 Å². The summed E-state index contributed by atoms with van der Waals surface area (Å²) in [5.74, 6) is 0. The second-order valence-corrected chi connectivity index (χ2v) is 11.9. The molecule has 0 N–H and O–H groups in total. The molecule has 4 aromatic carbocycles. The fourth-order valence-electron chi connectivity index (χ4n) is 5.93. The summed E-state index contributed by atoms with van der Waals surface area (Å²) >= 11 is 7.14. The zero-order valence-corrected chi connectivity index (χ0v) is 24.4. The lowest BCUT2D eigenvalue weighted by molar-refractivity contribution is 0.425. The molecule has 0 spiro atoms. The van der Waals surface area contributed by atoms with Gasteiger partial charge in [-0.05, 0) is 93.7 Å². The second-order valence-electron chi connectivity index (χ2n) is 10.1. The van der Waals surface area contributed by atoms with Crippen LogP contribution in [-0.2, 0) is 5.41 Å². The lowest BCUT2D eigenvalue weighted by Crippen LogP contribution is -2.25. The molecule has 4 aromatic rings. The molecule has 0 aliphatic heterocycles. The first-order valence-electron chi connectivity index (χ1n) is 13.2. The van der Waals surface area contributed by atoms with Gasteiger partial charge in [0, 0.05) is 20.8 Å². The summed E-state index contributed by atoms with van der Waals surface area (Å²) in [6, 6.07) is 33.6. The van der Waals surface area contributed by atoms with Crippen molar-refractivity contribution in [1.82, 2.24) is 0 Å². The van der Waals surface area contributed by atoms with Crippen molar-refractivity contribution in [2.24, 2.45) is 0 Å². The number of unbranched alkanes of at least 4 members (excludes halogenated alkanes) is 3. The van der Waals surface area contributed by atoms with Gasteiger partial charge in [-0.3, -0.25) is 0 Å². The second kappa shape index (κ2) is 11.4. The van der Waals surface area contributed by atoms with Gasteiger partial charge in [-0.2, -0.15) is 5.26 Å². The van der Waals surface area contributed by atoms with Gasteiger partial charge in [-0.1, -0.05) is 113 Å². The van der Waals surface area contributed by atoms with E-state index in [-0.39, 0.29) is 5.41 Å². The van der Waals surface area contributed by atoms with E-state index in [1.54, 1.807) is 0 Å². The van der Waals surface area contributed by atoms with Crippen molar-refractivity contribution in [3.8, 4) is 39.4 Å². The largest absolute Gasteiger partial charge is 0.198 e. The Hall–Kier alpha value is -2.67. The molecule has 186 valence electrons. The van der Waals surface area contributed by atoms with E-state index in [4.69, 9.17) is 0 Å². The van der Waals surface area contributed by atoms with Crippen molar-refractivity contribution in [2.75, 3.05) is 0 Å². The van der Waals surface area contributed by atoms with Crippen LogP contribution in [0.3, 0.4) is 0 Å². The quantitative estimate of drug-likeness (QED) is 0.172. The average Bonchev–Trinajstić information content (AvgIpc) is 3.19. The number of hydrogen-bond acceptors (Lipinski definition) is 1. The standard InChI is InChI=1S/C34H31Br2N/c1-2-3-4-5-19-34(20-6-21-37)32-22-26(24-7-13-28(35)14-8-24)11-17-30(32)31-18-12-27(23-33(31)34)25-9-15-29(36)16-10-25/h7-18,22-23H,2-6,19-20H2,1H3. The minimum absolute atomic E-state index is 0.148. The van der Waals surface area contributed by atoms with Gasteiger partial charge in [0.1, 0.15) is 0 Å². The number of fused-ring (bicyclic) bond motifs is 3. The zero-order chi connectivity index (χ0) is 25.8. The van der Waals surface area contributed by atoms with E-state index in [1.807, 2.05) is 0 Å². The summed E-state index contributed by atoms with van der Waals surface area (Å²) in [5, 5.41) is 9.70. The summed E-state index contributed by atoms with van der Waals surface area (Å²) in [5.41, 5.74) is 10.2. The van der Waals surface area contributed by atoms with Crippen LogP contribution < -0.4 is 0 Å². The third-order valence-corrected chi connectivity index (χ3v) is 8.89. The number of benzene rings is 4. The summed E-state index contributed by atoms with van der Waals surface area (Å²) in [7, 11) is 0. The predicted octanol–water partition coefficient (Wildman–Crippen LogP) is 11.1. The summed E-state index contributed by atoms with van der Waals surface area (Å²) in [6.45, 7) is 2.26. The van der Waals surface area contributed by atoms with Crippen LogP contribution in [0.15, 0.2) is 93.9 Å². The van der Waals surface area contributed by atoms with E-state index in [0.717, 1.165) is 21.8 Å². The number of nitriles is 1. The molecule has 0 heterocycles. The zero-order valence-electron chi connectivity index (χ0n) is 21.2. The minimum atomic E-state index is -0.148. The van der Waals surface area contributed by atoms with Crippen LogP contribution in [-0.4, -0.2) is 0 Å². The van der Waals surface area contributed by atoms with Gasteiger partial charge >= 0.3 is 0 Å². The van der Waals surface area contributed by atoms with E-state index in [9.17, 15) is 5.26 Å². The smallest absolute Gasteiger partial charge is 0.0622 e. The number of nitrogens with zero attached hydrogens (tertiary/aromatic N) is 1. The van der Waals surface area contributed by atoms with Crippen LogP contribution in [0.5, 0.6) is 0 Å². The molecule has 0 aromatic heterocycles. The van der Waals surface area contributed by atoms with Gasteiger partial charge < -0.3 is 0 Å². The highest BCUT2D eigenvalue weighted by molar-refractivity contribution is 9.10. The van der Waals surface area contributed by atoms with Gasteiger partial charge in [0.05, 0.1) is 6.07 Å². The fraction of sp³-hybridized carbons (Fsp3) is 0.265. The monoisotopic (exact) mass is 611 g/mol. The summed E-state index contributed by atoms with van der Waals surface area (Å²) < 4.78 is 2.18. The van der Waals surface area contributed by atoms with Crippen molar-refractivity contribution in [3.63, 3.8) is 0 Å². The maximum Gasteiger partial charge on any atom is 0.0622 e. The Bertz CT molecular complexity index is 1330. The Morgan fingerprint density at radius 3 is 1.57 bits per heavy atom. The number of halogens is 2. The van der Waals surface area contributed by atoms with E-state index in [1.165, 1.54) is 70.2 Å². The molecule has 0 amide bonds. The van der Waals surface area contributed by atoms with Crippen molar-refractivity contribution in [2.45, 2.75) is 57.3 Å². The molecule has 5 rings (SSSR count). The first kappa shape index (κ1) is 26.0.